The maximum absolute atomic E-state index is 5.91. The Bertz CT molecular complexity index is 645. The molecule has 0 aliphatic heterocycles. The standard InChI is InChI=1S/C15H10ClNO/c16-12-7-5-11(6-8-12)13-3-1-2-4-14(13)15-9-17-10-18-15/h1-10H. The third-order valence-corrected chi connectivity index (χ3v) is 3.03. The van der Waals surface area contributed by atoms with Gasteiger partial charge in [0.2, 0.25) is 0 Å². The van der Waals surface area contributed by atoms with Crippen LogP contribution in [0.25, 0.3) is 22.5 Å². The molecule has 3 aromatic rings. The van der Waals surface area contributed by atoms with E-state index in [2.05, 4.69) is 11.1 Å². The van der Waals surface area contributed by atoms with Gasteiger partial charge in [-0.25, -0.2) is 4.98 Å². The van der Waals surface area contributed by atoms with E-state index in [1.54, 1.807) is 6.20 Å². The normalized spacial score (nSPS) is 10.5. The van der Waals surface area contributed by atoms with Crippen molar-refractivity contribution in [2.45, 2.75) is 0 Å². The Kier molecular flexibility index (Phi) is 2.87. The predicted octanol–water partition coefficient (Wildman–Crippen LogP) is 4.66. The fraction of sp³-hybridized carbons (Fsp3) is 0. The van der Waals surface area contributed by atoms with E-state index in [-0.39, 0.29) is 0 Å². The third-order valence-electron chi connectivity index (χ3n) is 2.78. The predicted molar refractivity (Wildman–Crippen MR) is 72.4 cm³/mol. The second kappa shape index (κ2) is 4.67. The topological polar surface area (TPSA) is 26.0 Å². The molecule has 18 heavy (non-hydrogen) atoms. The lowest BCUT2D eigenvalue weighted by Gasteiger charge is -2.07. The van der Waals surface area contributed by atoms with Gasteiger partial charge in [-0.1, -0.05) is 48.0 Å². The van der Waals surface area contributed by atoms with Gasteiger partial charge in [-0.05, 0) is 23.3 Å². The van der Waals surface area contributed by atoms with Crippen molar-refractivity contribution in [3.8, 4) is 22.5 Å². The van der Waals surface area contributed by atoms with E-state index >= 15 is 0 Å². The molecule has 2 nitrogen and oxygen atoms in total. The summed E-state index contributed by atoms with van der Waals surface area (Å²) in [6, 6.07) is 15.8. The number of nitrogens with zero attached hydrogens (tertiary/aromatic N) is 1. The first-order valence-corrected chi connectivity index (χ1v) is 5.96. The maximum Gasteiger partial charge on any atom is 0.181 e. The second-order valence-corrected chi connectivity index (χ2v) is 4.35. The Morgan fingerprint density at radius 2 is 1.61 bits per heavy atom. The number of oxazole rings is 1. The van der Waals surface area contributed by atoms with E-state index < -0.39 is 0 Å². The minimum atomic E-state index is 0.732. The van der Waals surface area contributed by atoms with Gasteiger partial charge in [-0.2, -0.15) is 0 Å². The van der Waals surface area contributed by atoms with Gasteiger partial charge in [0.1, 0.15) is 0 Å². The van der Waals surface area contributed by atoms with Crippen LogP contribution in [0.5, 0.6) is 0 Å². The van der Waals surface area contributed by atoms with Crippen molar-refractivity contribution >= 4 is 11.6 Å². The molecule has 3 rings (SSSR count). The van der Waals surface area contributed by atoms with E-state index in [9.17, 15) is 0 Å². The molecule has 3 heteroatoms. The summed E-state index contributed by atoms with van der Waals surface area (Å²) in [5.41, 5.74) is 3.23. The summed E-state index contributed by atoms with van der Waals surface area (Å²) in [5.74, 6) is 0.764. The van der Waals surface area contributed by atoms with Crippen LogP contribution < -0.4 is 0 Å². The Labute approximate surface area is 110 Å². The fourth-order valence-corrected chi connectivity index (χ4v) is 2.05. The average molecular weight is 256 g/mol. The average Bonchev–Trinajstić information content (AvgIpc) is 2.93. The Hall–Kier alpha value is -2.06. The summed E-state index contributed by atoms with van der Waals surface area (Å²) >= 11 is 5.91. The molecule has 0 aliphatic carbocycles. The molecule has 0 amide bonds. The van der Waals surface area contributed by atoms with Crippen LogP contribution in [0.4, 0.5) is 0 Å². The van der Waals surface area contributed by atoms with Crippen molar-refractivity contribution in [1.29, 1.82) is 0 Å². The van der Waals surface area contributed by atoms with E-state index in [0.29, 0.717) is 0 Å². The van der Waals surface area contributed by atoms with E-state index in [1.165, 1.54) is 6.39 Å². The molecule has 0 spiro atoms. The minimum absolute atomic E-state index is 0.732. The van der Waals surface area contributed by atoms with Gasteiger partial charge >= 0.3 is 0 Å². The highest BCUT2D eigenvalue weighted by Gasteiger charge is 2.09. The molecule has 88 valence electrons. The van der Waals surface area contributed by atoms with Crippen molar-refractivity contribution in [2.75, 3.05) is 0 Å². The maximum atomic E-state index is 5.91. The van der Waals surface area contributed by atoms with Crippen LogP contribution in [-0.2, 0) is 0 Å². The molecule has 1 heterocycles. The van der Waals surface area contributed by atoms with Crippen LogP contribution in [0.15, 0.2) is 65.5 Å². The van der Waals surface area contributed by atoms with Gasteiger partial charge in [0.05, 0.1) is 6.20 Å². The van der Waals surface area contributed by atoms with Crippen molar-refractivity contribution in [3.63, 3.8) is 0 Å². The Morgan fingerprint density at radius 1 is 0.889 bits per heavy atom. The molecule has 0 bridgehead atoms. The van der Waals surface area contributed by atoms with Crippen LogP contribution in [0.2, 0.25) is 5.02 Å². The van der Waals surface area contributed by atoms with Gasteiger partial charge in [-0.15, -0.1) is 0 Å². The second-order valence-electron chi connectivity index (χ2n) is 3.92. The summed E-state index contributed by atoms with van der Waals surface area (Å²) in [7, 11) is 0. The summed E-state index contributed by atoms with van der Waals surface area (Å²) in [6.07, 6.45) is 3.16. The molecule has 0 saturated carbocycles. The molecule has 0 atom stereocenters. The van der Waals surface area contributed by atoms with Gasteiger partial charge in [0.15, 0.2) is 12.2 Å². The van der Waals surface area contributed by atoms with Crippen LogP contribution >= 0.6 is 11.6 Å². The monoisotopic (exact) mass is 255 g/mol. The lowest BCUT2D eigenvalue weighted by Crippen LogP contribution is -1.83. The van der Waals surface area contributed by atoms with E-state index in [1.807, 2.05) is 42.5 Å². The highest BCUT2D eigenvalue weighted by atomic mass is 35.5. The summed E-state index contributed by atoms with van der Waals surface area (Å²) in [5, 5.41) is 0.732. The van der Waals surface area contributed by atoms with Gasteiger partial charge in [0, 0.05) is 10.6 Å². The first-order chi connectivity index (χ1) is 8.84. The molecule has 0 aliphatic rings. The molecule has 0 saturated heterocycles. The van der Waals surface area contributed by atoms with Gasteiger partial charge in [0.25, 0.3) is 0 Å². The van der Waals surface area contributed by atoms with Crippen molar-refractivity contribution in [3.05, 3.63) is 66.1 Å². The van der Waals surface area contributed by atoms with E-state index in [0.717, 1.165) is 27.5 Å². The fourth-order valence-electron chi connectivity index (χ4n) is 1.93. The highest BCUT2D eigenvalue weighted by molar-refractivity contribution is 6.30. The highest BCUT2D eigenvalue weighted by Crippen LogP contribution is 2.32. The van der Waals surface area contributed by atoms with Crippen LogP contribution in [0.3, 0.4) is 0 Å². The van der Waals surface area contributed by atoms with Crippen molar-refractivity contribution in [2.24, 2.45) is 0 Å². The molecule has 0 N–H and O–H groups in total. The first kappa shape index (κ1) is 11.1. The molecule has 0 fully saturated rings. The zero-order valence-corrected chi connectivity index (χ0v) is 10.3. The van der Waals surface area contributed by atoms with Crippen molar-refractivity contribution < 1.29 is 4.42 Å². The minimum Gasteiger partial charge on any atom is -0.443 e. The van der Waals surface area contributed by atoms with Crippen molar-refractivity contribution in [1.82, 2.24) is 4.98 Å². The largest absolute Gasteiger partial charge is 0.443 e. The zero-order chi connectivity index (χ0) is 12.4. The smallest absolute Gasteiger partial charge is 0.181 e. The number of rotatable bonds is 2. The molecule has 2 aromatic carbocycles. The van der Waals surface area contributed by atoms with Crippen LogP contribution in [0, 0.1) is 0 Å². The quantitative estimate of drug-likeness (QED) is 0.665. The SMILES string of the molecule is Clc1ccc(-c2ccccc2-c2cnco2)cc1. The van der Waals surface area contributed by atoms with E-state index in [4.69, 9.17) is 16.0 Å². The molecular formula is C15H10ClNO. The number of benzene rings is 2. The lowest BCUT2D eigenvalue weighted by molar-refractivity contribution is 0.572. The van der Waals surface area contributed by atoms with Crippen LogP contribution in [0.1, 0.15) is 0 Å². The molecule has 1 aromatic heterocycles. The third kappa shape index (κ3) is 2.03. The number of hydrogen-bond donors (Lipinski definition) is 0. The number of halogens is 1. The Balaban J connectivity index is 2.15. The summed E-state index contributed by atoms with van der Waals surface area (Å²) in [6.45, 7) is 0. The molecule has 0 unspecified atom stereocenters. The zero-order valence-electron chi connectivity index (χ0n) is 9.51. The van der Waals surface area contributed by atoms with Crippen LogP contribution in [-0.4, -0.2) is 4.98 Å². The lowest BCUT2D eigenvalue weighted by atomic mass is 9.99. The Morgan fingerprint density at radius 3 is 2.28 bits per heavy atom. The number of aromatic nitrogens is 1. The first-order valence-electron chi connectivity index (χ1n) is 5.58. The van der Waals surface area contributed by atoms with Gasteiger partial charge < -0.3 is 4.42 Å². The molecule has 0 radical (unpaired) electrons. The summed E-state index contributed by atoms with van der Waals surface area (Å²) in [4.78, 5) is 3.96. The van der Waals surface area contributed by atoms with Gasteiger partial charge in [-0.3, -0.25) is 0 Å². The number of hydrogen-bond acceptors (Lipinski definition) is 2. The summed E-state index contributed by atoms with van der Waals surface area (Å²) < 4.78 is 5.37. The molecular weight excluding hydrogens is 246 g/mol.